The molecule has 1 aromatic carbocycles. The standard InChI is InChI=1S/C18H26N6O/c1-4-14-18(24(3)5-2)23-17(15(22-14)16(20)25)21-13-8-6-7-12(11-13)9-10-19/h6-8,11H,4-5,9-10,19H2,1-3H3,(H2,20,25)(H,21,23). The molecule has 1 aromatic heterocycles. The largest absolute Gasteiger partial charge is 0.364 e. The molecular weight excluding hydrogens is 316 g/mol. The van der Waals surface area contributed by atoms with Crippen LogP contribution in [-0.2, 0) is 12.8 Å². The summed E-state index contributed by atoms with van der Waals surface area (Å²) in [4.78, 5) is 22.9. The van der Waals surface area contributed by atoms with Crippen LogP contribution in [0.15, 0.2) is 24.3 Å². The molecule has 2 aromatic rings. The van der Waals surface area contributed by atoms with Gasteiger partial charge in [0.05, 0.1) is 5.69 Å². The summed E-state index contributed by atoms with van der Waals surface area (Å²) in [5.74, 6) is 0.508. The Labute approximate surface area is 148 Å². The van der Waals surface area contributed by atoms with Crippen LogP contribution in [-0.4, -0.2) is 36.0 Å². The first kappa shape index (κ1) is 18.7. The molecule has 134 valence electrons. The van der Waals surface area contributed by atoms with Gasteiger partial charge in [-0.05, 0) is 44.0 Å². The Bertz CT molecular complexity index is 746. The van der Waals surface area contributed by atoms with Gasteiger partial charge in [-0.3, -0.25) is 4.79 Å². The van der Waals surface area contributed by atoms with Gasteiger partial charge in [0.15, 0.2) is 17.3 Å². The van der Waals surface area contributed by atoms with E-state index in [1.165, 1.54) is 0 Å². The highest BCUT2D eigenvalue weighted by Gasteiger charge is 2.18. The van der Waals surface area contributed by atoms with Gasteiger partial charge in [0.25, 0.3) is 5.91 Å². The van der Waals surface area contributed by atoms with Gasteiger partial charge in [0, 0.05) is 19.3 Å². The van der Waals surface area contributed by atoms with Crippen molar-refractivity contribution in [3.8, 4) is 0 Å². The van der Waals surface area contributed by atoms with Crippen molar-refractivity contribution in [2.75, 3.05) is 30.4 Å². The number of nitrogens with zero attached hydrogens (tertiary/aromatic N) is 3. The summed E-state index contributed by atoms with van der Waals surface area (Å²) < 4.78 is 0. The van der Waals surface area contributed by atoms with Crippen LogP contribution < -0.4 is 21.7 Å². The molecule has 7 nitrogen and oxygen atoms in total. The topological polar surface area (TPSA) is 110 Å². The number of aryl methyl sites for hydroxylation is 1. The van der Waals surface area contributed by atoms with E-state index in [4.69, 9.17) is 11.5 Å². The van der Waals surface area contributed by atoms with Crippen LogP contribution in [0, 0.1) is 0 Å². The Morgan fingerprint density at radius 3 is 2.64 bits per heavy atom. The normalized spacial score (nSPS) is 10.6. The predicted octanol–water partition coefficient (Wildman–Crippen LogP) is 1.84. The summed E-state index contributed by atoms with van der Waals surface area (Å²) in [7, 11) is 1.94. The number of aromatic nitrogens is 2. The Morgan fingerprint density at radius 2 is 2.04 bits per heavy atom. The average molecular weight is 342 g/mol. The average Bonchev–Trinajstić information content (AvgIpc) is 2.61. The molecule has 5 N–H and O–H groups in total. The minimum atomic E-state index is -0.603. The maximum absolute atomic E-state index is 11.8. The van der Waals surface area contributed by atoms with E-state index < -0.39 is 5.91 Å². The number of hydrogen-bond acceptors (Lipinski definition) is 6. The molecule has 0 radical (unpaired) electrons. The Kier molecular flexibility index (Phi) is 6.30. The summed E-state index contributed by atoms with van der Waals surface area (Å²) in [5.41, 5.74) is 14.0. The Morgan fingerprint density at radius 1 is 1.28 bits per heavy atom. The molecule has 1 amide bonds. The fourth-order valence-corrected chi connectivity index (χ4v) is 2.52. The molecule has 0 fully saturated rings. The number of benzene rings is 1. The SMILES string of the molecule is CCc1nc(C(N)=O)c(Nc2cccc(CCN)c2)nc1N(C)CC. The molecule has 0 aliphatic carbocycles. The van der Waals surface area contributed by atoms with Gasteiger partial charge < -0.3 is 21.7 Å². The van der Waals surface area contributed by atoms with E-state index in [-0.39, 0.29) is 5.69 Å². The van der Waals surface area contributed by atoms with Gasteiger partial charge >= 0.3 is 0 Å². The van der Waals surface area contributed by atoms with Gasteiger partial charge in [-0.25, -0.2) is 9.97 Å². The van der Waals surface area contributed by atoms with Gasteiger partial charge in [-0.15, -0.1) is 0 Å². The van der Waals surface area contributed by atoms with Crippen LogP contribution in [0.3, 0.4) is 0 Å². The molecular formula is C18H26N6O. The van der Waals surface area contributed by atoms with Crippen LogP contribution in [0.5, 0.6) is 0 Å². The third-order valence-electron chi connectivity index (χ3n) is 3.97. The maximum Gasteiger partial charge on any atom is 0.271 e. The highest BCUT2D eigenvalue weighted by atomic mass is 16.1. The first-order valence-electron chi connectivity index (χ1n) is 8.48. The molecule has 7 heteroatoms. The molecule has 25 heavy (non-hydrogen) atoms. The fourth-order valence-electron chi connectivity index (χ4n) is 2.52. The molecule has 0 atom stereocenters. The van der Waals surface area contributed by atoms with Crippen LogP contribution in [0.1, 0.15) is 35.6 Å². The van der Waals surface area contributed by atoms with Crippen molar-refractivity contribution < 1.29 is 4.79 Å². The number of hydrogen-bond donors (Lipinski definition) is 3. The first-order valence-corrected chi connectivity index (χ1v) is 8.48. The van der Waals surface area contributed by atoms with Crippen molar-refractivity contribution in [2.24, 2.45) is 11.5 Å². The maximum atomic E-state index is 11.8. The third kappa shape index (κ3) is 4.45. The minimum absolute atomic E-state index is 0.148. The number of carbonyl (C=O) groups is 1. The molecule has 0 spiro atoms. The number of primary amides is 1. The lowest BCUT2D eigenvalue weighted by Gasteiger charge is -2.21. The van der Waals surface area contributed by atoms with Crippen molar-refractivity contribution in [2.45, 2.75) is 26.7 Å². The lowest BCUT2D eigenvalue weighted by atomic mass is 10.1. The number of nitrogens with one attached hydrogen (secondary N) is 1. The smallest absolute Gasteiger partial charge is 0.271 e. The van der Waals surface area contributed by atoms with E-state index in [2.05, 4.69) is 15.3 Å². The van der Waals surface area contributed by atoms with Gasteiger partial charge in [-0.1, -0.05) is 19.1 Å². The Balaban J connectivity index is 2.47. The second kappa shape index (κ2) is 8.43. The van der Waals surface area contributed by atoms with Crippen molar-refractivity contribution >= 4 is 23.2 Å². The van der Waals surface area contributed by atoms with Crippen LogP contribution in [0.2, 0.25) is 0 Å². The van der Waals surface area contributed by atoms with E-state index in [1.54, 1.807) is 0 Å². The van der Waals surface area contributed by atoms with Crippen LogP contribution in [0.4, 0.5) is 17.3 Å². The van der Waals surface area contributed by atoms with Crippen molar-refractivity contribution in [3.63, 3.8) is 0 Å². The molecule has 0 aliphatic rings. The summed E-state index contributed by atoms with van der Waals surface area (Å²) >= 11 is 0. The summed E-state index contributed by atoms with van der Waals surface area (Å²) in [6.45, 7) is 5.37. The Hall–Kier alpha value is -2.67. The number of amides is 1. The third-order valence-corrected chi connectivity index (χ3v) is 3.97. The number of rotatable bonds is 8. The lowest BCUT2D eigenvalue weighted by molar-refractivity contribution is 0.0996. The molecule has 0 unspecified atom stereocenters. The zero-order valence-electron chi connectivity index (χ0n) is 15.0. The highest BCUT2D eigenvalue weighted by Crippen LogP contribution is 2.24. The van der Waals surface area contributed by atoms with E-state index >= 15 is 0 Å². The highest BCUT2D eigenvalue weighted by molar-refractivity contribution is 5.96. The second-order valence-corrected chi connectivity index (χ2v) is 5.79. The monoisotopic (exact) mass is 342 g/mol. The zero-order valence-corrected chi connectivity index (χ0v) is 15.0. The molecule has 0 saturated heterocycles. The van der Waals surface area contributed by atoms with Gasteiger partial charge in [0.1, 0.15) is 0 Å². The number of carbonyl (C=O) groups excluding carboxylic acids is 1. The summed E-state index contributed by atoms with van der Waals surface area (Å²) in [6, 6.07) is 7.83. The molecule has 2 rings (SSSR count). The molecule has 0 saturated carbocycles. The molecule has 0 aliphatic heterocycles. The van der Waals surface area contributed by atoms with Crippen LogP contribution in [0.25, 0.3) is 0 Å². The lowest BCUT2D eigenvalue weighted by Crippen LogP contribution is -2.24. The van der Waals surface area contributed by atoms with Crippen LogP contribution >= 0.6 is 0 Å². The van der Waals surface area contributed by atoms with Crippen molar-refractivity contribution in [1.82, 2.24) is 9.97 Å². The van der Waals surface area contributed by atoms with E-state index in [0.29, 0.717) is 18.8 Å². The van der Waals surface area contributed by atoms with Gasteiger partial charge in [0.2, 0.25) is 0 Å². The van der Waals surface area contributed by atoms with Gasteiger partial charge in [-0.2, -0.15) is 0 Å². The summed E-state index contributed by atoms with van der Waals surface area (Å²) in [6.07, 6.45) is 1.45. The number of nitrogens with two attached hydrogens (primary N) is 2. The second-order valence-electron chi connectivity index (χ2n) is 5.79. The van der Waals surface area contributed by atoms with E-state index in [9.17, 15) is 4.79 Å². The minimum Gasteiger partial charge on any atom is -0.364 e. The van der Waals surface area contributed by atoms with E-state index in [1.807, 2.05) is 50.1 Å². The zero-order chi connectivity index (χ0) is 18.4. The first-order chi connectivity index (χ1) is 12.0. The number of anilines is 3. The predicted molar refractivity (Wildman–Crippen MR) is 101 cm³/mol. The fraction of sp³-hybridized carbons (Fsp3) is 0.389. The summed E-state index contributed by atoms with van der Waals surface area (Å²) in [5, 5.41) is 3.18. The molecule has 1 heterocycles. The van der Waals surface area contributed by atoms with Crippen molar-refractivity contribution in [3.05, 3.63) is 41.2 Å². The molecule has 0 bridgehead atoms. The quantitative estimate of drug-likeness (QED) is 0.675. The van der Waals surface area contributed by atoms with E-state index in [0.717, 1.165) is 35.7 Å². The van der Waals surface area contributed by atoms with Crippen molar-refractivity contribution in [1.29, 1.82) is 0 Å².